The summed E-state index contributed by atoms with van der Waals surface area (Å²) in [4.78, 5) is 24.2. The first kappa shape index (κ1) is 18.8. The number of amides is 1. The van der Waals surface area contributed by atoms with Crippen molar-refractivity contribution in [3.8, 4) is 0 Å². The first-order chi connectivity index (χ1) is 11.2. The van der Waals surface area contributed by atoms with Crippen molar-refractivity contribution in [2.45, 2.75) is 49.5 Å². The molecular formula is C18H25NO4S. The molecule has 1 unspecified atom stereocenters. The van der Waals surface area contributed by atoms with Gasteiger partial charge in [-0.25, -0.2) is 0 Å². The van der Waals surface area contributed by atoms with Crippen LogP contribution in [0.4, 0.5) is 0 Å². The molecule has 1 fully saturated rings. The largest absolute Gasteiger partial charge is 0.481 e. The monoisotopic (exact) mass is 351 g/mol. The van der Waals surface area contributed by atoms with Gasteiger partial charge in [0.05, 0.1) is 24.3 Å². The molecule has 1 amide bonds. The summed E-state index contributed by atoms with van der Waals surface area (Å²) in [6.07, 6.45) is 0.430. The number of ether oxygens (including phenoxy) is 1. The average Bonchev–Trinajstić information content (AvgIpc) is 2.91. The molecule has 2 N–H and O–H groups in total. The van der Waals surface area contributed by atoms with Gasteiger partial charge in [0.2, 0.25) is 5.91 Å². The molecule has 0 radical (unpaired) electrons. The standard InChI is InChI=1S/C18H25NO4S/c1-17(2,3)13-4-6-14(7-5-13)24-11-15(20)19-18(10-16(21)22)8-9-23-12-18/h4-7H,8-12H2,1-3H3,(H,19,20)(H,21,22). The van der Waals surface area contributed by atoms with E-state index in [1.54, 1.807) is 0 Å². The number of carbonyl (C=O) groups excluding carboxylic acids is 1. The number of hydrogen-bond donors (Lipinski definition) is 2. The maximum Gasteiger partial charge on any atom is 0.305 e. The number of benzene rings is 1. The molecule has 0 bridgehead atoms. The normalized spacial score (nSPS) is 20.8. The van der Waals surface area contributed by atoms with Crippen LogP contribution in [0, 0.1) is 0 Å². The van der Waals surface area contributed by atoms with Crippen molar-refractivity contribution in [3.63, 3.8) is 0 Å². The molecule has 2 rings (SSSR count). The van der Waals surface area contributed by atoms with E-state index in [0.29, 0.717) is 13.0 Å². The van der Waals surface area contributed by atoms with Gasteiger partial charge >= 0.3 is 5.97 Å². The lowest BCUT2D eigenvalue weighted by atomic mass is 9.87. The van der Waals surface area contributed by atoms with Gasteiger partial charge < -0.3 is 15.2 Å². The molecule has 1 aromatic rings. The lowest BCUT2D eigenvalue weighted by Gasteiger charge is -2.26. The summed E-state index contributed by atoms with van der Waals surface area (Å²) in [5, 5.41) is 11.9. The van der Waals surface area contributed by atoms with E-state index in [1.807, 2.05) is 12.1 Å². The highest BCUT2D eigenvalue weighted by molar-refractivity contribution is 8.00. The second-order valence-electron chi connectivity index (χ2n) is 7.26. The molecule has 1 saturated heterocycles. The van der Waals surface area contributed by atoms with Gasteiger partial charge in [-0.15, -0.1) is 11.8 Å². The summed E-state index contributed by atoms with van der Waals surface area (Å²) in [7, 11) is 0. The molecule has 0 aromatic heterocycles. The predicted octanol–water partition coefficient (Wildman–Crippen LogP) is 2.83. The molecule has 6 heteroatoms. The van der Waals surface area contributed by atoms with Gasteiger partial charge in [-0.2, -0.15) is 0 Å². The van der Waals surface area contributed by atoms with Crippen LogP contribution in [-0.4, -0.2) is 41.5 Å². The minimum absolute atomic E-state index is 0.103. The summed E-state index contributed by atoms with van der Waals surface area (Å²) in [6.45, 7) is 7.22. The van der Waals surface area contributed by atoms with Crippen LogP contribution in [0.1, 0.15) is 39.2 Å². The molecule has 5 nitrogen and oxygen atoms in total. The van der Waals surface area contributed by atoms with E-state index in [2.05, 4.69) is 38.2 Å². The van der Waals surface area contributed by atoms with Crippen LogP contribution in [0.5, 0.6) is 0 Å². The highest BCUT2D eigenvalue weighted by Crippen LogP contribution is 2.26. The third kappa shape index (κ3) is 5.24. The zero-order valence-corrected chi connectivity index (χ0v) is 15.2. The summed E-state index contributed by atoms with van der Waals surface area (Å²) >= 11 is 1.45. The molecular weight excluding hydrogens is 326 g/mol. The fraction of sp³-hybridized carbons (Fsp3) is 0.556. The predicted molar refractivity (Wildman–Crippen MR) is 94.4 cm³/mol. The molecule has 1 aliphatic heterocycles. The molecule has 0 aliphatic carbocycles. The third-order valence-corrected chi connectivity index (χ3v) is 5.10. The van der Waals surface area contributed by atoms with Crippen molar-refractivity contribution in [1.82, 2.24) is 5.32 Å². The lowest BCUT2D eigenvalue weighted by Crippen LogP contribution is -2.51. The Morgan fingerprint density at radius 1 is 1.29 bits per heavy atom. The molecule has 1 atom stereocenters. The van der Waals surface area contributed by atoms with Crippen LogP contribution in [0.2, 0.25) is 0 Å². The molecule has 0 spiro atoms. The molecule has 1 heterocycles. The van der Waals surface area contributed by atoms with Crippen LogP contribution < -0.4 is 5.32 Å². The second-order valence-corrected chi connectivity index (χ2v) is 8.31. The van der Waals surface area contributed by atoms with Gasteiger partial charge in [0, 0.05) is 11.5 Å². The summed E-state index contributed by atoms with van der Waals surface area (Å²) < 4.78 is 5.29. The van der Waals surface area contributed by atoms with Crippen molar-refractivity contribution in [2.24, 2.45) is 0 Å². The summed E-state index contributed by atoms with van der Waals surface area (Å²) in [6, 6.07) is 8.20. The van der Waals surface area contributed by atoms with Crippen molar-refractivity contribution < 1.29 is 19.4 Å². The Balaban J connectivity index is 1.89. The van der Waals surface area contributed by atoms with Crippen molar-refractivity contribution in [2.75, 3.05) is 19.0 Å². The Labute approximate surface area is 147 Å². The third-order valence-electron chi connectivity index (χ3n) is 4.09. The van der Waals surface area contributed by atoms with Crippen LogP contribution in [0.15, 0.2) is 29.2 Å². The number of carboxylic acids is 1. The smallest absolute Gasteiger partial charge is 0.305 e. The Bertz CT molecular complexity index is 586. The number of hydrogen-bond acceptors (Lipinski definition) is 4. The molecule has 0 saturated carbocycles. The number of aliphatic carboxylic acids is 1. The SMILES string of the molecule is CC(C)(C)c1ccc(SCC(=O)NC2(CC(=O)O)CCOC2)cc1. The molecule has 1 aromatic carbocycles. The Kier molecular flexibility index (Phi) is 5.93. The quantitative estimate of drug-likeness (QED) is 0.771. The van der Waals surface area contributed by atoms with Crippen LogP contribution >= 0.6 is 11.8 Å². The van der Waals surface area contributed by atoms with E-state index >= 15 is 0 Å². The van der Waals surface area contributed by atoms with Crippen LogP contribution in [0.25, 0.3) is 0 Å². The lowest BCUT2D eigenvalue weighted by molar-refractivity contribution is -0.139. The molecule has 24 heavy (non-hydrogen) atoms. The number of rotatable bonds is 6. The highest BCUT2D eigenvalue weighted by atomic mass is 32.2. The van der Waals surface area contributed by atoms with Gasteiger partial charge in [-0.05, 0) is 29.5 Å². The van der Waals surface area contributed by atoms with Gasteiger partial charge in [0.25, 0.3) is 0 Å². The summed E-state index contributed by atoms with van der Waals surface area (Å²) in [5.74, 6) is -0.825. The average molecular weight is 351 g/mol. The Morgan fingerprint density at radius 3 is 2.46 bits per heavy atom. The number of carbonyl (C=O) groups is 2. The molecule has 1 aliphatic rings. The van der Waals surface area contributed by atoms with E-state index in [1.165, 1.54) is 17.3 Å². The van der Waals surface area contributed by atoms with E-state index in [-0.39, 0.29) is 30.1 Å². The van der Waals surface area contributed by atoms with E-state index in [9.17, 15) is 9.59 Å². The maximum absolute atomic E-state index is 12.2. The number of carboxylic acid groups (broad SMARTS) is 1. The maximum atomic E-state index is 12.2. The fourth-order valence-electron chi connectivity index (χ4n) is 2.71. The minimum atomic E-state index is -0.925. The van der Waals surface area contributed by atoms with Crippen LogP contribution in [-0.2, 0) is 19.7 Å². The van der Waals surface area contributed by atoms with Crippen molar-refractivity contribution >= 4 is 23.6 Å². The first-order valence-corrected chi connectivity index (χ1v) is 9.03. The first-order valence-electron chi connectivity index (χ1n) is 8.04. The highest BCUT2D eigenvalue weighted by Gasteiger charge is 2.38. The zero-order chi connectivity index (χ0) is 17.8. The van der Waals surface area contributed by atoms with E-state index in [4.69, 9.17) is 9.84 Å². The second kappa shape index (κ2) is 7.57. The van der Waals surface area contributed by atoms with Crippen molar-refractivity contribution in [1.29, 1.82) is 0 Å². The Hall–Kier alpha value is -1.53. The summed E-state index contributed by atoms with van der Waals surface area (Å²) in [5.41, 5.74) is 0.589. The van der Waals surface area contributed by atoms with Gasteiger partial charge in [-0.1, -0.05) is 32.9 Å². The topological polar surface area (TPSA) is 75.6 Å². The number of thioether (sulfide) groups is 1. The zero-order valence-electron chi connectivity index (χ0n) is 14.4. The van der Waals surface area contributed by atoms with Gasteiger partial charge in [0.15, 0.2) is 0 Å². The number of nitrogens with one attached hydrogen (secondary N) is 1. The van der Waals surface area contributed by atoms with Gasteiger partial charge in [-0.3, -0.25) is 9.59 Å². The Morgan fingerprint density at radius 2 is 1.96 bits per heavy atom. The minimum Gasteiger partial charge on any atom is -0.481 e. The van der Waals surface area contributed by atoms with E-state index in [0.717, 1.165) is 4.90 Å². The molecule has 132 valence electrons. The van der Waals surface area contributed by atoms with E-state index < -0.39 is 11.5 Å². The van der Waals surface area contributed by atoms with Crippen molar-refractivity contribution in [3.05, 3.63) is 29.8 Å². The van der Waals surface area contributed by atoms with Gasteiger partial charge in [0.1, 0.15) is 0 Å². The fourth-order valence-corrected chi connectivity index (χ4v) is 3.41. The van der Waals surface area contributed by atoms with Crippen LogP contribution in [0.3, 0.4) is 0 Å².